The molecule has 0 aliphatic carbocycles. The second kappa shape index (κ2) is 7.46. The van der Waals surface area contributed by atoms with E-state index in [2.05, 4.69) is 22.2 Å². The van der Waals surface area contributed by atoms with Gasteiger partial charge in [0.25, 0.3) is 0 Å². The number of fused-ring (bicyclic) bond motifs is 1. The number of hydrogen-bond acceptors (Lipinski definition) is 4. The van der Waals surface area contributed by atoms with Crippen molar-refractivity contribution in [2.75, 3.05) is 12.0 Å². The topological polar surface area (TPSA) is 60.2 Å². The molecule has 6 heteroatoms. The van der Waals surface area contributed by atoms with E-state index in [4.69, 9.17) is 4.74 Å². The smallest absolute Gasteiger partial charge is 0.232 e. The molecule has 1 aliphatic rings. The molecule has 0 fully saturated rings. The molecule has 1 amide bonds. The van der Waals surface area contributed by atoms with Crippen molar-refractivity contribution >= 4 is 11.9 Å². The number of carbonyl (C=O) groups is 1. The van der Waals surface area contributed by atoms with E-state index >= 15 is 0 Å². The standard InChI is InChI=1S/C22H24N4O2/c1-15(2)21(27)25-19(17-9-11-18(28-3)12-10-17)13-20(16-7-5-4-6-8-16)26-22(25)23-14-24-26/h4-12,14-15,19-20H,13H2,1-3H3/t19-,20-/m0/s1. The van der Waals surface area contributed by atoms with Crippen LogP contribution >= 0.6 is 0 Å². The minimum absolute atomic E-state index is 0.0158. The summed E-state index contributed by atoms with van der Waals surface area (Å²) in [6, 6.07) is 18.1. The van der Waals surface area contributed by atoms with Crippen molar-refractivity contribution in [3.63, 3.8) is 0 Å². The highest BCUT2D eigenvalue weighted by Crippen LogP contribution is 2.42. The van der Waals surface area contributed by atoms with Crippen LogP contribution in [-0.2, 0) is 4.79 Å². The Morgan fingerprint density at radius 1 is 1.04 bits per heavy atom. The Morgan fingerprint density at radius 3 is 2.36 bits per heavy atom. The van der Waals surface area contributed by atoms with Crippen LogP contribution in [0.4, 0.5) is 5.95 Å². The van der Waals surface area contributed by atoms with Crippen LogP contribution in [0, 0.1) is 5.92 Å². The van der Waals surface area contributed by atoms with Crippen LogP contribution in [0.15, 0.2) is 60.9 Å². The second-order valence-electron chi connectivity index (χ2n) is 7.32. The van der Waals surface area contributed by atoms with Gasteiger partial charge in [0.2, 0.25) is 11.9 Å². The number of nitrogens with zero attached hydrogens (tertiary/aromatic N) is 4. The third-order valence-electron chi connectivity index (χ3n) is 5.24. The summed E-state index contributed by atoms with van der Waals surface area (Å²) in [4.78, 5) is 19.4. The normalized spacial score (nSPS) is 18.8. The fourth-order valence-corrected chi connectivity index (χ4v) is 3.79. The van der Waals surface area contributed by atoms with Crippen molar-refractivity contribution in [3.05, 3.63) is 72.1 Å². The lowest BCUT2D eigenvalue weighted by Crippen LogP contribution is -2.44. The Kier molecular flexibility index (Phi) is 4.86. The fraction of sp³-hybridized carbons (Fsp3) is 0.318. The van der Waals surface area contributed by atoms with E-state index in [1.54, 1.807) is 12.0 Å². The van der Waals surface area contributed by atoms with Gasteiger partial charge in [-0.1, -0.05) is 56.3 Å². The summed E-state index contributed by atoms with van der Waals surface area (Å²) in [5, 5.41) is 4.45. The van der Waals surface area contributed by atoms with Crippen LogP contribution in [0.2, 0.25) is 0 Å². The molecule has 2 heterocycles. The highest BCUT2D eigenvalue weighted by molar-refractivity contribution is 5.94. The molecule has 0 saturated carbocycles. The number of ether oxygens (including phenoxy) is 1. The molecule has 6 nitrogen and oxygen atoms in total. The van der Waals surface area contributed by atoms with Gasteiger partial charge in [-0.2, -0.15) is 10.1 Å². The molecule has 2 aromatic carbocycles. The zero-order valence-electron chi connectivity index (χ0n) is 16.3. The zero-order chi connectivity index (χ0) is 19.7. The quantitative estimate of drug-likeness (QED) is 0.690. The predicted molar refractivity (Wildman–Crippen MR) is 107 cm³/mol. The lowest BCUT2D eigenvalue weighted by Gasteiger charge is -2.39. The summed E-state index contributed by atoms with van der Waals surface area (Å²) in [6.45, 7) is 3.83. The Balaban J connectivity index is 1.83. The largest absolute Gasteiger partial charge is 0.497 e. The molecule has 0 bridgehead atoms. The molecule has 3 aromatic rings. The maximum atomic E-state index is 13.1. The van der Waals surface area contributed by atoms with Crippen LogP contribution in [0.3, 0.4) is 0 Å². The molecular formula is C22H24N4O2. The lowest BCUT2D eigenvalue weighted by atomic mass is 9.91. The predicted octanol–water partition coefficient (Wildman–Crippen LogP) is 4.01. The molecule has 0 N–H and O–H groups in total. The molecule has 144 valence electrons. The Labute approximate surface area is 164 Å². The van der Waals surface area contributed by atoms with E-state index in [0.717, 1.165) is 23.3 Å². The van der Waals surface area contributed by atoms with E-state index in [-0.39, 0.29) is 23.9 Å². The lowest BCUT2D eigenvalue weighted by molar-refractivity contribution is -0.122. The van der Waals surface area contributed by atoms with Crippen LogP contribution < -0.4 is 9.64 Å². The van der Waals surface area contributed by atoms with Crippen LogP contribution in [0.25, 0.3) is 0 Å². The summed E-state index contributed by atoms with van der Waals surface area (Å²) in [5.41, 5.74) is 2.22. The van der Waals surface area contributed by atoms with Gasteiger partial charge in [-0.05, 0) is 29.7 Å². The highest BCUT2D eigenvalue weighted by atomic mass is 16.5. The summed E-state index contributed by atoms with van der Waals surface area (Å²) in [6.07, 6.45) is 2.26. The Bertz CT molecular complexity index is 950. The summed E-state index contributed by atoms with van der Waals surface area (Å²) < 4.78 is 7.17. The number of rotatable bonds is 4. The first-order chi connectivity index (χ1) is 13.6. The first-order valence-corrected chi connectivity index (χ1v) is 9.51. The van der Waals surface area contributed by atoms with Crippen molar-refractivity contribution in [3.8, 4) is 5.75 Å². The van der Waals surface area contributed by atoms with Gasteiger partial charge >= 0.3 is 0 Å². The van der Waals surface area contributed by atoms with Crippen LogP contribution in [-0.4, -0.2) is 27.8 Å². The second-order valence-corrected chi connectivity index (χ2v) is 7.32. The van der Waals surface area contributed by atoms with Gasteiger partial charge in [0.15, 0.2) is 0 Å². The van der Waals surface area contributed by atoms with E-state index < -0.39 is 0 Å². The number of amides is 1. The van der Waals surface area contributed by atoms with Gasteiger partial charge < -0.3 is 4.74 Å². The first-order valence-electron chi connectivity index (χ1n) is 9.51. The molecular weight excluding hydrogens is 352 g/mol. The van der Waals surface area contributed by atoms with Crippen molar-refractivity contribution in [2.24, 2.45) is 5.92 Å². The SMILES string of the molecule is COc1ccc([C@@H]2C[C@@H](c3ccccc3)n3ncnc3N2C(=O)C(C)C)cc1. The number of aromatic nitrogens is 3. The van der Waals surface area contributed by atoms with Crippen molar-refractivity contribution in [2.45, 2.75) is 32.4 Å². The van der Waals surface area contributed by atoms with Gasteiger partial charge in [0.1, 0.15) is 12.1 Å². The monoisotopic (exact) mass is 376 g/mol. The third kappa shape index (κ3) is 3.15. The number of anilines is 1. The van der Waals surface area contributed by atoms with Gasteiger partial charge in [-0.15, -0.1) is 0 Å². The average Bonchev–Trinajstić information content (AvgIpc) is 3.22. The first kappa shape index (κ1) is 18.2. The molecule has 0 radical (unpaired) electrons. The van der Waals surface area contributed by atoms with Crippen molar-refractivity contribution in [1.82, 2.24) is 14.8 Å². The average molecular weight is 376 g/mol. The minimum Gasteiger partial charge on any atom is -0.497 e. The Morgan fingerprint density at radius 2 is 1.71 bits per heavy atom. The molecule has 28 heavy (non-hydrogen) atoms. The van der Waals surface area contributed by atoms with Gasteiger partial charge in [0.05, 0.1) is 19.2 Å². The molecule has 1 aliphatic heterocycles. The summed E-state index contributed by atoms with van der Waals surface area (Å²) >= 11 is 0. The van der Waals surface area contributed by atoms with Gasteiger partial charge in [-0.3, -0.25) is 9.69 Å². The maximum absolute atomic E-state index is 13.1. The van der Waals surface area contributed by atoms with Gasteiger partial charge in [-0.25, -0.2) is 4.68 Å². The summed E-state index contributed by atoms with van der Waals surface area (Å²) in [5.74, 6) is 1.30. The molecule has 0 spiro atoms. The van der Waals surface area contributed by atoms with E-state index in [9.17, 15) is 4.79 Å². The third-order valence-corrected chi connectivity index (χ3v) is 5.24. The van der Waals surface area contributed by atoms with Crippen molar-refractivity contribution in [1.29, 1.82) is 0 Å². The Hall–Kier alpha value is -3.15. The molecule has 1 aromatic heterocycles. The number of methoxy groups -OCH3 is 1. The number of carbonyl (C=O) groups excluding carboxylic acids is 1. The summed E-state index contributed by atoms with van der Waals surface area (Å²) in [7, 11) is 1.65. The molecule has 0 unspecified atom stereocenters. The minimum atomic E-state index is -0.140. The van der Waals surface area contributed by atoms with E-state index in [1.807, 2.05) is 61.0 Å². The highest BCUT2D eigenvalue weighted by Gasteiger charge is 2.39. The number of benzene rings is 2. The fourth-order valence-electron chi connectivity index (χ4n) is 3.79. The molecule has 0 saturated heterocycles. The maximum Gasteiger partial charge on any atom is 0.232 e. The van der Waals surface area contributed by atoms with E-state index in [0.29, 0.717) is 5.95 Å². The van der Waals surface area contributed by atoms with Gasteiger partial charge in [0, 0.05) is 5.92 Å². The van der Waals surface area contributed by atoms with Crippen LogP contribution in [0.5, 0.6) is 5.75 Å². The molecule has 2 atom stereocenters. The number of hydrogen-bond donors (Lipinski definition) is 0. The van der Waals surface area contributed by atoms with E-state index in [1.165, 1.54) is 6.33 Å². The van der Waals surface area contributed by atoms with Crippen LogP contribution in [0.1, 0.15) is 43.5 Å². The van der Waals surface area contributed by atoms with Crippen molar-refractivity contribution < 1.29 is 9.53 Å². The zero-order valence-corrected chi connectivity index (χ0v) is 16.3. The molecule has 4 rings (SSSR count).